The van der Waals surface area contributed by atoms with Gasteiger partial charge in [-0.05, 0) is 19.2 Å². The van der Waals surface area contributed by atoms with Crippen molar-refractivity contribution >= 4 is 23.6 Å². The van der Waals surface area contributed by atoms with Crippen molar-refractivity contribution in [3.63, 3.8) is 0 Å². The van der Waals surface area contributed by atoms with Gasteiger partial charge < -0.3 is 25.5 Å². The Balaban J connectivity index is 1.72. The van der Waals surface area contributed by atoms with Gasteiger partial charge in [0.05, 0.1) is 12.2 Å². The largest absolute Gasteiger partial charge is 0.395 e. The van der Waals surface area contributed by atoms with Crippen LogP contribution in [-0.4, -0.2) is 82.2 Å². The summed E-state index contributed by atoms with van der Waals surface area (Å²) < 4.78 is 0. The molecule has 2 aromatic heterocycles. The van der Waals surface area contributed by atoms with Crippen LogP contribution in [-0.2, 0) is 6.42 Å². The van der Waals surface area contributed by atoms with Gasteiger partial charge in [0.1, 0.15) is 11.6 Å². The van der Waals surface area contributed by atoms with Crippen molar-refractivity contribution in [3.05, 3.63) is 29.7 Å². The highest BCUT2D eigenvalue weighted by Gasteiger charge is 2.18. The second-order valence-corrected chi connectivity index (χ2v) is 6.56. The Labute approximate surface area is 164 Å². The lowest BCUT2D eigenvalue weighted by molar-refractivity contribution is 0.0944. The summed E-state index contributed by atoms with van der Waals surface area (Å²) in [6.45, 7) is 5.80. The van der Waals surface area contributed by atoms with Gasteiger partial charge in [-0.25, -0.2) is 4.98 Å². The lowest BCUT2D eigenvalue weighted by Gasteiger charge is -2.32. The number of nitrogens with one attached hydrogen (secondary N) is 2. The first kappa shape index (κ1) is 19.9. The van der Waals surface area contributed by atoms with E-state index in [0.29, 0.717) is 35.5 Å². The quantitative estimate of drug-likeness (QED) is 0.606. The van der Waals surface area contributed by atoms with Crippen molar-refractivity contribution in [1.82, 2.24) is 30.2 Å². The smallest absolute Gasteiger partial charge is 0.252 e. The van der Waals surface area contributed by atoms with Crippen molar-refractivity contribution in [2.45, 2.75) is 13.3 Å². The fourth-order valence-electron chi connectivity index (χ4n) is 2.76. The van der Waals surface area contributed by atoms with Gasteiger partial charge in [-0.1, -0.05) is 6.92 Å². The van der Waals surface area contributed by atoms with Gasteiger partial charge in [0, 0.05) is 45.3 Å². The first-order chi connectivity index (χ1) is 13.6. The molecule has 10 heteroatoms. The lowest BCUT2D eigenvalue weighted by Crippen LogP contribution is -2.45. The summed E-state index contributed by atoms with van der Waals surface area (Å²) in [5.74, 6) is 2.08. The average molecular weight is 386 g/mol. The summed E-state index contributed by atoms with van der Waals surface area (Å²) in [6, 6.07) is 3.35. The number of carbonyl (C=O) groups excluding carboxylic acids is 1. The third-order valence-corrected chi connectivity index (χ3v) is 4.44. The number of aliphatic hydroxyl groups excluding tert-OH is 1. The van der Waals surface area contributed by atoms with E-state index in [4.69, 9.17) is 5.11 Å². The summed E-state index contributed by atoms with van der Waals surface area (Å²) in [6.07, 6.45) is 2.17. The molecular formula is C18H26N8O2. The number of aliphatic hydroxyl groups is 1. The molecule has 3 heterocycles. The molecule has 0 saturated carbocycles. The SMILES string of the molecule is CCc1nc(Nc2ccc(C(=O)NCCO)cn2)nc(N2CCN(C)CC2)n1. The van der Waals surface area contributed by atoms with Crippen LogP contribution < -0.4 is 15.5 Å². The minimum atomic E-state index is -0.279. The minimum Gasteiger partial charge on any atom is -0.395 e. The molecule has 0 unspecified atom stereocenters. The number of rotatable bonds is 7. The molecule has 1 saturated heterocycles. The molecule has 1 amide bonds. The van der Waals surface area contributed by atoms with Crippen LogP contribution in [0.1, 0.15) is 23.1 Å². The standard InChI is InChI=1S/C18H26N8O2/c1-3-14-21-17(24-18(23-14)26-9-7-25(2)8-10-26)22-15-5-4-13(12-20-15)16(28)19-6-11-27/h4-5,12,27H,3,6-11H2,1-2H3,(H,19,28)(H,20,21,22,23,24). The number of aryl methyl sites for hydroxylation is 1. The van der Waals surface area contributed by atoms with Gasteiger partial charge in [0.25, 0.3) is 5.91 Å². The number of likely N-dealkylation sites (N-methyl/N-ethyl adjacent to an activating group) is 1. The van der Waals surface area contributed by atoms with Crippen LogP contribution in [0.15, 0.2) is 18.3 Å². The van der Waals surface area contributed by atoms with E-state index < -0.39 is 0 Å². The molecule has 150 valence electrons. The number of anilines is 3. The third-order valence-electron chi connectivity index (χ3n) is 4.44. The van der Waals surface area contributed by atoms with Crippen LogP contribution in [0.3, 0.4) is 0 Å². The Morgan fingerprint density at radius 2 is 1.96 bits per heavy atom. The molecule has 2 aromatic rings. The van der Waals surface area contributed by atoms with E-state index >= 15 is 0 Å². The van der Waals surface area contributed by atoms with Crippen LogP contribution >= 0.6 is 0 Å². The fourth-order valence-corrected chi connectivity index (χ4v) is 2.76. The molecule has 1 fully saturated rings. The molecule has 0 atom stereocenters. The molecule has 0 aromatic carbocycles. The van der Waals surface area contributed by atoms with Crippen molar-refractivity contribution in [2.75, 3.05) is 56.6 Å². The molecule has 0 bridgehead atoms. The highest BCUT2D eigenvalue weighted by molar-refractivity contribution is 5.94. The molecule has 3 rings (SSSR count). The van der Waals surface area contributed by atoms with Gasteiger partial charge in [0.2, 0.25) is 11.9 Å². The summed E-state index contributed by atoms with van der Waals surface area (Å²) in [5, 5.41) is 14.5. The molecule has 0 spiro atoms. The summed E-state index contributed by atoms with van der Waals surface area (Å²) >= 11 is 0. The molecule has 28 heavy (non-hydrogen) atoms. The van der Waals surface area contributed by atoms with Crippen molar-refractivity contribution < 1.29 is 9.90 Å². The number of hydrogen-bond donors (Lipinski definition) is 3. The van der Waals surface area contributed by atoms with Gasteiger partial charge in [-0.3, -0.25) is 4.79 Å². The monoisotopic (exact) mass is 386 g/mol. The molecule has 3 N–H and O–H groups in total. The molecule has 10 nitrogen and oxygen atoms in total. The maximum Gasteiger partial charge on any atom is 0.252 e. The van der Waals surface area contributed by atoms with Gasteiger partial charge >= 0.3 is 0 Å². The van der Waals surface area contributed by atoms with Gasteiger partial charge in [-0.15, -0.1) is 0 Å². The molecule has 0 radical (unpaired) electrons. The summed E-state index contributed by atoms with van der Waals surface area (Å²) in [5.41, 5.74) is 0.419. The van der Waals surface area contributed by atoms with Crippen LogP contribution in [0, 0.1) is 0 Å². The first-order valence-electron chi connectivity index (χ1n) is 9.39. The Hall–Kier alpha value is -2.85. The number of hydrogen-bond acceptors (Lipinski definition) is 9. The first-order valence-corrected chi connectivity index (χ1v) is 9.39. The Kier molecular flexibility index (Phi) is 6.66. The maximum atomic E-state index is 11.9. The second kappa shape index (κ2) is 9.38. The van der Waals surface area contributed by atoms with E-state index in [0.717, 1.165) is 26.2 Å². The number of carbonyl (C=O) groups is 1. The van der Waals surface area contributed by atoms with Crippen LogP contribution in [0.2, 0.25) is 0 Å². The summed E-state index contributed by atoms with van der Waals surface area (Å²) in [7, 11) is 2.11. The fraction of sp³-hybridized carbons (Fsp3) is 0.500. The van der Waals surface area contributed by atoms with Crippen LogP contribution in [0.5, 0.6) is 0 Å². The van der Waals surface area contributed by atoms with E-state index in [2.05, 4.69) is 47.4 Å². The highest BCUT2D eigenvalue weighted by Crippen LogP contribution is 2.16. The van der Waals surface area contributed by atoms with Gasteiger partial charge in [0.15, 0.2) is 0 Å². The zero-order valence-corrected chi connectivity index (χ0v) is 16.2. The second-order valence-electron chi connectivity index (χ2n) is 6.56. The van der Waals surface area contributed by atoms with E-state index in [1.807, 2.05) is 6.92 Å². The number of pyridine rings is 1. The molecule has 0 aliphatic carbocycles. The Morgan fingerprint density at radius 1 is 1.18 bits per heavy atom. The minimum absolute atomic E-state index is 0.104. The number of aromatic nitrogens is 4. The predicted octanol–water partition coefficient (Wildman–Crippen LogP) is 0.0465. The van der Waals surface area contributed by atoms with Gasteiger partial charge in [-0.2, -0.15) is 15.0 Å². The normalized spacial score (nSPS) is 14.8. The average Bonchev–Trinajstić information content (AvgIpc) is 2.72. The maximum absolute atomic E-state index is 11.9. The summed E-state index contributed by atoms with van der Waals surface area (Å²) in [4.78, 5) is 34.1. The third kappa shape index (κ3) is 5.11. The topological polar surface area (TPSA) is 119 Å². The lowest BCUT2D eigenvalue weighted by atomic mass is 10.2. The zero-order chi connectivity index (χ0) is 19.9. The van der Waals surface area contributed by atoms with Crippen molar-refractivity contribution in [3.8, 4) is 0 Å². The predicted molar refractivity (Wildman–Crippen MR) is 106 cm³/mol. The molecule has 1 aliphatic rings. The van der Waals surface area contributed by atoms with E-state index in [1.54, 1.807) is 12.1 Å². The van der Waals surface area contributed by atoms with E-state index in [1.165, 1.54) is 6.20 Å². The van der Waals surface area contributed by atoms with Crippen molar-refractivity contribution in [2.24, 2.45) is 0 Å². The molecular weight excluding hydrogens is 360 g/mol. The van der Waals surface area contributed by atoms with Crippen LogP contribution in [0.4, 0.5) is 17.7 Å². The zero-order valence-electron chi connectivity index (χ0n) is 16.2. The number of nitrogens with zero attached hydrogens (tertiary/aromatic N) is 6. The molecule has 1 aliphatic heterocycles. The Bertz CT molecular complexity index is 791. The van der Waals surface area contributed by atoms with Crippen LogP contribution in [0.25, 0.3) is 0 Å². The number of piperazine rings is 1. The van der Waals surface area contributed by atoms with E-state index in [-0.39, 0.29) is 19.1 Å². The number of amides is 1. The van der Waals surface area contributed by atoms with Crippen molar-refractivity contribution in [1.29, 1.82) is 0 Å². The Morgan fingerprint density at radius 3 is 2.61 bits per heavy atom. The highest BCUT2D eigenvalue weighted by atomic mass is 16.3. The van der Waals surface area contributed by atoms with E-state index in [9.17, 15) is 4.79 Å².